The van der Waals surface area contributed by atoms with Crippen molar-refractivity contribution in [1.82, 2.24) is 0 Å². The van der Waals surface area contributed by atoms with Crippen molar-refractivity contribution in [3.8, 4) is 11.8 Å². The van der Waals surface area contributed by atoms with Gasteiger partial charge in [-0.3, -0.25) is 4.79 Å². The number of hydrogen-bond donors (Lipinski definition) is 1. The summed E-state index contributed by atoms with van der Waals surface area (Å²) in [4.78, 5) is 25.8. The number of phenols is 1. The molecule has 2 rings (SSSR count). The van der Waals surface area contributed by atoms with E-state index in [1.165, 1.54) is 23.1 Å². The third-order valence-corrected chi connectivity index (χ3v) is 3.56. The molecule has 0 fully saturated rings. The Kier molecular flexibility index (Phi) is 6.38. The van der Waals surface area contributed by atoms with E-state index >= 15 is 0 Å². The molecule has 7 heteroatoms. The average Bonchev–Trinajstić information content (AvgIpc) is 2.63. The number of para-hydroxylation sites is 1. The Morgan fingerprint density at radius 3 is 2.60 bits per heavy atom. The highest BCUT2D eigenvalue weighted by molar-refractivity contribution is 6.31. The highest BCUT2D eigenvalue weighted by Gasteiger charge is 2.19. The number of aromatic hydroxyl groups is 1. The molecular formula is C18H15ClN2O4. The molecule has 0 aliphatic heterocycles. The number of rotatable bonds is 6. The maximum Gasteiger partial charge on any atom is 0.342 e. The van der Waals surface area contributed by atoms with Crippen molar-refractivity contribution in [2.45, 2.75) is 6.42 Å². The van der Waals surface area contributed by atoms with E-state index in [-0.39, 0.29) is 29.3 Å². The Bertz CT molecular complexity index is 802. The Morgan fingerprint density at radius 2 is 1.92 bits per heavy atom. The van der Waals surface area contributed by atoms with Gasteiger partial charge in [0.1, 0.15) is 11.3 Å². The van der Waals surface area contributed by atoms with Crippen molar-refractivity contribution in [3.63, 3.8) is 0 Å². The minimum atomic E-state index is -0.860. The summed E-state index contributed by atoms with van der Waals surface area (Å²) >= 11 is 5.79. The minimum Gasteiger partial charge on any atom is -0.507 e. The number of benzene rings is 2. The van der Waals surface area contributed by atoms with Crippen molar-refractivity contribution in [2.75, 3.05) is 18.1 Å². The second kappa shape index (κ2) is 8.71. The standard InChI is InChI=1S/C18H15ClN2O4/c19-13-7-8-16(22)15(11-13)18(24)25-12-17(23)21(10-4-9-20)14-5-2-1-3-6-14/h1-3,5-8,11,22H,4,10,12H2. The second-order valence-electron chi connectivity index (χ2n) is 5.03. The molecule has 0 unspecified atom stereocenters. The van der Waals surface area contributed by atoms with Crippen molar-refractivity contribution in [1.29, 1.82) is 5.26 Å². The van der Waals surface area contributed by atoms with E-state index in [0.717, 1.165) is 0 Å². The van der Waals surface area contributed by atoms with Gasteiger partial charge in [-0.25, -0.2) is 4.79 Å². The van der Waals surface area contributed by atoms with Gasteiger partial charge in [-0.05, 0) is 30.3 Å². The summed E-state index contributed by atoms with van der Waals surface area (Å²) in [5.41, 5.74) is 0.480. The Labute approximate surface area is 149 Å². The van der Waals surface area contributed by atoms with Crippen LogP contribution in [0, 0.1) is 11.3 Å². The summed E-state index contributed by atoms with van der Waals surface area (Å²) in [7, 11) is 0. The first-order chi connectivity index (χ1) is 12.0. The first-order valence-electron chi connectivity index (χ1n) is 7.41. The summed E-state index contributed by atoms with van der Waals surface area (Å²) in [6.45, 7) is -0.343. The normalized spacial score (nSPS) is 9.92. The quantitative estimate of drug-likeness (QED) is 0.801. The first-order valence-corrected chi connectivity index (χ1v) is 7.78. The summed E-state index contributed by atoms with van der Waals surface area (Å²) in [5.74, 6) is -1.62. The summed E-state index contributed by atoms with van der Waals surface area (Å²) in [6, 6.07) is 14.7. The zero-order valence-corrected chi connectivity index (χ0v) is 13.9. The fraction of sp³-hybridized carbons (Fsp3) is 0.167. The van der Waals surface area contributed by atoms with Crippen molar-refractivity contribution >= 4 is 29.2 Å². The fourth-order valence-corrected chi connectivity index (χ4v) is 2.29. The molecule has 0 aromatic heterocycles. The summed E-state index contributed by atoms with van der Waals surface area (Å²) < 4.78 is 4.98. The third-order valence-electron chi connectivity index (χ3n) is 3.32. The predicted octanol–water partition coefficient (Wildman–Crippen LogP) is 3.15. The number of carbonyl (C=O) groups excluding carboxylic acids is 2. The third kappa shape index (κ3) is 4.96. The fourth-order valence-electron chi connectivity index (χ4n) is 2.12. The van der Waals surface area contributed by atoms with Gasteiger partial charge in [0.15, 0.2) is 6.61 Å². The number of amides is 1. The zero-order chi connectivity index (χ0) is 18.2. The lowest BCUT2D eigenvalue weighted by Crippen LogP contribution is -2.35. The van der Waals surface area contributed by atoms with Crippen LogP contribution in [0.1, 0.15) is 16.8 Å². The monoisotopic (exact) mass is 358 g/mol. The Hall–Kier alpha value is -3.04. The zero-order valence-electron chi connectivity index (χ0n) is 13.2. The number of nitriles is 1. The van der Waals surface area contributed by atoms with Crippen LogP contribution in [0.5, 0.6) is 5.75 Å². The molecule has 0 saturated carbocycles. The number of halogens is 1. The van der Waals surface area contributed by atoms with Crippen LogP contribution >= 0.6 is 11.6 Å². The molecule has 0 saturated heterocycles. The van der Waals surface area contributed by atoms with Gasteiger partial charge < -0.3 is 14.7 Å². The van der Waals surface area contributed by atoms with E-state index in [1.54, 1.807) is 30.3 Å². The molecule has 0 heterocycles. The number of nitrogens with zero attached hydrogens (tertiary/aromatic N) is 2. The molecule has 0 spiro atoms. The summed E-state index contributed by atoms with van der Waals surface area (Å²) in [5, 5.41) is 18.7. The molecular weight excluding hydrogens is 344 g/mol. The van der Waals surface area contributed by atoms with E-state index < -0.39 is 18.5 Å². The molecule has 1 N–H and O–H groups in total. The number of phenolic OH excluding ortho intramolecular Hbond substituents is 1. The maximum atomic E-state index is 12.4. The lowest BCUT2D eigenvalue weighted by atomic mass is 10.2. The molecule has 6 nitrogen and oxygen atoms in total. The predicted molar refractivity (Wildman–Crippen MR) is 92.4 cm³/mol. The molecule has 1 amide bonds. The average molecular weight is 359 g/mol. The van der Waals surface area contributed by atoms with Crippen LogP contribution in [0.25, 0.3) is 0 Å². The van der Waals surface area contributed by atoms with Crippen molar-refractivity contribution in [3.05, 3.63) is 59.1 Å². The first kappa shape index (κ1) is 18.3. The maximum absolute atomic E-state index is 12.4. The minimum absolute atomic E-state index is 0.122. The van der Waals surface area contributed by atoms with Crippen LogP contribution in [0.3, 0.4) is 0 Å². The van der Waals surface area contributed by atoms with Gasteiger partial charge in [0.05, 0.1) is 12.5 Å². The van der Waals surface area contributed by atoms with Gasteiger partial charge in [-0.15, -0.1) is 0 Å². The topological polar surface area (TPSA) is 90.6 Å². The van der Waals surface area contributed by atoms with Crippen LogP contribution in [0.2, 0.25) is 5.02 Å². The highest BCUT2D eigenvalue weighted by Crippen LogP contribution is 2.22. The highest BCUT2D eigenvalue weighted by atomic mass is 35.5. The lowest BCUT2D eigenvalue weighted by Gasteiger charge is -2.21. The van der Waals surface area contributed by atoms with Gasteiger partial charge in [0, 0.05) is 17.3 Å². The van der Waals surface area contributed by atoms with E-state index in [4.69, 9.17) is 21.6 Å². The number of hydrogen-bond acceptors (Lipinski definition) is 5. The van der Waals surface area contributed by atoms with Crippen molar-refractivity contribution in [2.24, 2.45) is 0 Å². The number of anilines is 1. The van der Waals surface area contributed by atoms with Crippen LogP contribution in [-0.4, -0.2) is 30.1 Å². The van der Waals surface area contributed by atoms with E-state index in [0.29, 0.717) is 5.69 Å². The molecule has 0 aliphatic carbocycles. The van der Waals surface area contributed by atoms with E-state index in [9.17, 15) is 14.7 Å². The van der Waals surface area contributed by atoms with Crippen LogP contribution < -0.4 is 4.90 Å². The molecule has 25 heavy (non-hydrogen) atoms. The molecule has 0 bridgehead atoms. The van der Waals surface area contributed by atoms with Gasteiger partial charge in [0.25, 0.3) is 5.91 Å². The second-order valence-corrected chi connectivity index (χ2v) is 5.46. The molecule has 2 aromatic carbocycles. The molecule has 0 aliphatic rings. The lowest BCUT2D eigenvalue weighted by molar-refractivity contribution is -0.121. The van der Waals surface area contributed by atoms with Crippen LogP contribution in [0.15, 0.2) is 48.5 Å². The van der Waals surface area contributed by atoms with Crippen molar-refractivity contribution < 1.29 is 19.4 Å². The smallest absolute Gasteiger partial charge is 0.342 e. The van der Waals surface area contributed by atoms with Gasteiger partial charge >= 0.3 is 5.97 Å². The van der Waals surface area contributed by atoms with Crippen LogP contribution in [-0.2, 0) is 9.53 Å². The molecule has 2 aromatic rings. The molecule has 0 atom stereocenters. The number of carbonyl (C=O) groups is 2. The SMILES string of the molecule is N#CCCN(C(=O)COC(=O)c1cc(Cl)ccc1O)c1ccccc1. The largest absolute Gasteiger partial charge is 0.507 e. The number of ether oxygens (including phenoxy) is 1. The molecule has 128 valence electrons. The van der Waals surface area contributed by atoms with Gasteiger partial charge in [0.2, 0.25) is 0 Å². The van der Waals surface area contributed by atoms with Gasteiger partial charge in [-0.1, -0.05) is 29.8 Å². The van der Waals surface area contributed by atoms with Crippen LogP contribution in [0.4, 0.5) is 5.69 Å². The van der Waals surface area contributed by atoms with Gasteiger partial charge in [-0.2, -0.15) is 5.26 Å². The number of esters is 1. The van der Waals surface area contributed by atoms with E-state index in [1.807, 2.05) is 6.07 Å². The molecule has 0 radical (unpaired) electrons. The Morgan fingerprint density at radius 1 is 1.20 bits per heavy atom. The summed E-state index contributed by atoms with van der Waals surface area (Å²) in [6.07, 6.45) is 0.143. The Balaban J connectivity index is 2.07. The van der Waals surface area contributed by atoms with E-state index in [2.05, 4.69) is 0 Å².